The fourth-order valence-corrected chi connectivity index (χ4v) is 2.89. The van der Waals surface area contributed by atoms with E-state index in [-0.39, 0.29) is 11.6 Å². The Bertz CT molecular complexity index is 970. The molecule has 0 saturated heterocycles. The molecule has 134 valence electrons. The summed E-state index contributed by atoms with van der Waals surface area (Å²) in [6, 6.07) is 9.26. The molecule has 2 N–H and O–H groups in total. The Morgan fingerprint density at radius 2 is 1.96 bits per heavy atom. The summed E-state index contributed by atoms with van der Waals surface area (Å²) < 4.78 is 38.3. The Hall–Kier alpha value is -2.80. The molecular weight excluding hydrogens is 367 g/mol. The minimum atomic E-state index is -4.49. The summed E-state index contributed by atoms with van der Waals surface area (Å²) in [6.45, 7) is -0.0618. The Balaban J connectivity index is 2.01. The number of nitrogens with two attached hydrogens (primary N) is 1. The molecule has 1 aromatic heterocycles. The quantitative estimate of drug-likeness (QED) is 0.696. The van der Waals surface area contributed by atoms with E-state index in [0.717, 1.165) is 22.9 Å². The lowest BCUT2D eigenvalue weighted by Gasteiger charge is -2.23. The number of anilines is 1. The van der Waals surface area contributed by atoms with Crippen LogP contribution in [0.1, 0.15) is 11.1 Å². The van der Waals surface area contributed by atoms with Crippen LogP contribution < -0.4 is 10.6 Å². The van der Waals surface area contributed by atoms with Crippen molar-refractivity contribution in [2.24, 2.45) is 5.73 Å². The Morgan fingerprint density at radius 3 is 2.62 bits per heavy atom. The van der Waals surface area contributed by atoms with Gasteiger partial charge in [-0.3, -0.25) is 9.88 Å². The molecule has 2 aromatic carbocycles. The summed E-state index contributed by atoms with van der Waals surface area (Å²) in [7, 11) is 0. The minimum Gasteiger partial charge on any atom is -0.351 e. The molecule has 0 unspecified atom stereocenters. The van der Waals surface area contributed by atoms with E-state index in [4.69, 9.17) is 17.3 Å². The second-order valence-corrected chi connectivity index (χ2v) is 6.01. The zero-order chi connectivity index (χ0) is 18.9. The van der Waals surface area contributed by atoms with Crippen LogP contribution in [-0.2, 0) is 12.7 Å². The summed E-state index contributed by atoms with van der Waals surface area (Å²) in [5.74, 6) is 0. The number of pyridine rings is 1. The van der Waals surface area contributed by atoms with Crippen molar-refractivity contribution in [3.8, 4) is 0 Å². The van der Waals surface area contributed by atoms with Crippen molar-refractivity contribution in [3.63, 3.8) is 0 Å². The van der Waals surface area contributed by atoms with Gasteiger partial charge in [0.15, 0.2) is 0 Å². The summed E-state index contributed by atoms with van der Waals surface area (Å²) in [4.78, 5) is 17.3. The molecule has 0 aliphatic heterocycles. The maximum absolute atomic E-state index is 12.8. The molecule has 3 aromatic rings. The van der Waals surface area contributed by atoms with Crippen LogP contribution in [0, 0.1) is 0 Å². The van der Waals surface area contributed by atoms with Gasteiger partial charge in [-0.25, -0.2) is 4.79 Å². The third kappa shape index (κ3) is 3.57. The molecule has 1 heterocycles. The number of hydrogen-bond donors (Lipinski definition) is 1. The number of halogens is 4. The highest BCUT2D eigenvalue weighted by atomic mass is 35.5. The van der Waals surface area contributed by atoms with E-state index < -0.39 is 17.8 Å². The van der Waals surface area contributed by atoms with Gasteiger partial charge in [-0.05, 0) is 29.8 Å². The molecule has 0 aliphatic rings. The Morgan fingerprint density at radius 1 is 1.19 bits per heavy atom. The largest absolute Gasteiger partial charge is 0.416 e. The Kier molecular flexibility index (Phi) is 4.73. The van der Waals surface area contributed by atoms with E-state index in [1.54, 1.807) is 30.6 Å². The molecule has 3 rings (SSSR count). The van der Waals surface area contributed by atoms with Crippen molar-refractivity contribution >= 4 is 34.1 Å². The molecule has 0 fully saturated rings. The molecule has 0 bridgehead atoms. The molecule has 0 saturated carbocycles. The van der Waals surface area contributed by atoms with Crippen LogP contribution in [0.5, 0.6) is 0 Å². The number of alkyl halides is 3. The van der Waals surface area contributed by atoms with Crippen LogP contribution >= 0.6 is 11.6 Å². The first-order chi connectivity index (χ1) is 12.3. The summed E-state index contributed by atoms with van der Waals surface area (Å²) in [5, 5.41) is 1.45. The normalized spacial score (nSPS) is 11.5. The summed E-state index contributed by atoms with van der Waals surface area (Å²) in [6.07, 6.45) is -1.27. The van der Waals surface area contributed by atoms with Crippen molar-refractivity contribution in [3.05, 3.63) is 71.0 Å². The fraction of sp³-hybridized carbons (Fsp3) is 0.111. The van der Waals surface area contributed by atoms with Gasteiger partial charge in [-0.1, -0.05) is 29.8 Å². The monoisotopic (exact) mass is 379 g/mol. The third-order valence-corrected chi connectivity index (χ3v) is 4.28. The lowest BCUT2D eigenvalue weighted by molar-refractivity contribution is -0.137. The third-order valence-electron chi connectivity index (χ3n) is 3.92. The van der Waals surface area contributed by atoms with Crippen molar-refractivity contribution in [1.29, 1.82) is 0 Å². The van der Waals surface area contributed by atoms with Crippen LogP contribution in [0.15, 0.2) is 54.9 Å². The van der Waals surface area contributed by atoms with Crippen LogP contribution in [0.25, 0.3) is 10.8 Å². The van der Waals surface area contributed by atoms with Crippen LogP contribution in [-0.4, -0.2) is 11.0 Å². The van der Waals surface area contributed by atoms with Gasteiger partial charge < -0.3 is 5.73 Å². The van der Waals surface area contributed by atoms with Crippen molar-refractivity contribution in [1.82, 2.24) is 4.98 Å². The van der Waals surface area contributed by atoms with Gasteiger partial charge in [0.1, 0.15) is 0 Å². The first-order valence-electron chi connectivity index (χ1n) is 7.52. The smallest absolute Gasteiger partial charge is 0.351 e. The molecular formula is C18H13ClF3N3O. The molecule has 0 radical (unpaired) electrons. The zero-order valence-electron chi connectivity index (χ0n) is 13.3. The first-order valence-corrected chi connectivity index (χ1v) is 7.90. The van der Waals surface area contributed by atoms with Crippen LogP contribution in [0.2, 0.25) is 5.02 Å². The van der Waals surface area contributed by atoms with Crippen molar-refractivity contribution < 1.29 is 18.0 Å². The second-order valence-electron chi connectivity index (χ2n) is 5.60. The lowest BCUT2D eigenvalue weighted by atomic mass is 10.1. The first kappa shape index (κ1) is 18.0. The molecule has 2 amide bonds. The number of aromatic nitrogens is 1. The second kappa shape index (κ2) is 6.84. The molecule has 0 atom stereocenters. The number of carbonyl (C=O) groups excluding carboxylic acids is 1. The van der Waals surface area contributed by atoms with Gasteiger partial charge in [0.2, 0.25) is 0 Å². The molecule has 0 aliphatic carbocycles. The molecule has 26 heavy (non-hydrogen) atoms. The summed E-state index contributed by atoms with van der Waals surface area (Å²) in [5.41, 5.74) is 5.52. The van der Waals surface area contributed by atoms with E-state index in [9.17, 15) is 18.0 Å². The van der Waals surface area contributed by atoms with Gasteiger partial charge >= 0.3 is 12.2 Å². The predicted molar refractivity (Wildman–Crippen MR) is 94.0 cm³/mol. The number of carbonyl (C=O) groups is 1. The highest BCUT2D eigenvalue weighted by Crippen LogP contribution is 2.33. The Labute approximate surface area is 152 Å². The van der Waals surface area contributed by atoms with Gasteiger partial charge in [-0.2, -0.15) is 13.2 Å². The maximum Gasteiger partial charge on any atom is 0.416 e. The zero-order valence-corrected chi connectivity index (χ0v) is 14.1. The number of rotatable bonds is 3. The molecule has 8 heteroatoms. The topological polar surface area (TPSA) is 59.2 Å². The van der Waals surface area contributed by atoms with Gasteiger partial charge in [0, 0.05) is 28.2 Å². The number of primary amides is 1. The predicted octanol–water partition coefficient (Wildman–Crippen LogP) is 4.99. The lowest BCUT2D eigenvalue weighted by Crippen LogP contribution is -2.35. The average molecular weight is 380 g/mol. The molecule has 4 nitrogen and oxygen atoms in total. The number of urea groups is 1. The van der Waals surface area contributed by atoms with E-state index in [1.807, 2.05) is 6.07 Å². The average Bonchev–Trinajstić information content (AvgIpc) is 2.59. The van der Waals surface area contributed by atoms with E-state index in [0.29, 0.717) is 11.3 Å². The van der Waals surface area contributed by atoms with Crippen molar-refractivity contribution in [2.45, 2.75) is 12.7 Å². The highest BCUT2D eigenvalue weighted by Gasteiger charge is 2.31. The van der Waals surface area contributed by atoms with Gasteiger partial charge in [0.25, 0.3) is 0 Å². The van der Waals surface area contributed by atoms with Crippen LogP contribution in [0.3, 0.4) is 0 Å². The van der Waals surface area contributed by atoms with Gasteiger partial charge in [0.05, 0.1) is 17.8 Å². The fourth-order valence-electron chi connectivity index (χ4n) is 2.64. The van der Waals surface area contributed by atoms with E-state index in [2.05, 4.69) is 4.98 Å². The molecule has 0 spiro atoms. The SMILES string of the molecule is NC(=O)N(Cc1ccc(C(F)(F)F)cc1Cl)c1cccc2cnccc12. The standard InChI is InChI=1S/C18H13ClF3N3O/c19-15-8-13(18(20,21)22)5-4-12(15)10-25(17(23)26)16-3-1-2-11-9-24-7-6-14(11)16/h1-9H,10H2,(H2,23,26). The van der Waals surface area contributed by atoms with Crippen molar-refractivity contribution in [2.75, 3.05) is 4.90 Å². The number of nitrogens with zero attached hydrogens (tertiary/aromatic N) is 2. The van der Waals surface area contributed by atoms with E-state index >= 15 is 0 Å². The number of fused-ring (bicyclic) bond motifs is 1. The van der Waals surface area contributed by atoms with Crippen LogP contribution in [0.4, 0.5) is 23.7 Å². The number of benzene rings is 2. The minimum absolute atomic E-state index is 0.0618. The van der Waals surface area contributed by atoms with E-state index in [1.165, 1.54) is 11.0 Å². The summed E-state index contributed by atoms with van der Waals surface area (Å²) >= 11 is 6.00. The number of amides is 2. The maximum atomic E-state index is 12.8. The number of hydrogen-bond acceptors (Lipinski definition) is 2. The van der Waals surface area contributed by atoms with Gasteiger partial charge in [-0.15, -0.1) is 0 Å². The highest BCUT2D eigenvalue weighted by molar-refractivity contribution is 6.31.